The summed E-state index contributed by atoms with van der Waals surface area (Å²) in [6.07, 6.45) is 0. The maximum Gasteiger partial charge on any atom is 0.142 e. The van der Waals surface area contributed by atoms with Gasteiger partial charge < -0.3 is 15.2 Å². The lowest BCUT2D eigenvalue weighted by molar-refractivity contribution is 0.298. The Kier molecular flexibility index (Phi) is 4.11. The van der Waals surface area contributed by atoms with Crippen molar-refractivity contribution >= 4 is 5.69 Å². The van der Waals surface area contributed by atoms with Crippen molar-refractivity contribution in [3.8, 4) is 17.6 Å². The van der Waals surface area contributed by atoms with Gasteiger partial charge in [-0.15, -0.1) is 0 Å². The van der Waals surface area contributed by atoms with Crippen LogP contribution in [0.4, 0.5) is 5.69 Å². The number of nitriles is 1. The molecule has 0 fully saturated rings. The number of nitrogen functional groups attached to an aromatic ring is 1. The smallest absolute Gasteiger partial charge is 0.142 e. The summed E-state index contributed by atoms with van der Waals surface area (Å²) in [7, 11) is 1.59. The molecule has 2 aromatic carbocycles. The number of methoxy groups -OCH3 is 1. The Morgan fingerprint density at radius 1 is 1.20 bits per heavy atom. The van der Waals surface area contributed by atoms with Crippen LogP contribution in [0.25, 0.3) is 0 Å². The Morgan fingerprint density at radius 2 is 2.00 bits per heavy atom. The van der Waals surface area contributed by atoms with Crippen LogP contribution in [-0.2, 0) is 6.61 Å². The maximum absolute atomic E-state index is 8.94. The number of benzene rings is 2. The van der Waals surface area contributed by atoms with E-state index in [2.05, 4.69) is 6.07 Å². The molecule has 0 aliphatic heterocycles. The van der Waals surface area contributed by atoms with E-state index in [-0.39, 0.29) is 0 Å². The van der Waals surface area contributed by atoms with Crippen molar-refractivity contribution in [1.29, 1.82) is 5.26 Å². The molecule has 0 saturated carbocycles. The van der Waals surface area contributed by atoms with Gasteiger partial charge in [-0.1, -0.05) is 12.1 Å². The first-order valence-electron chi connectivity index (χ1n) is 6.20. The minimum atomic E-state index is 0.298. The van der Waals surface area contributed by atoms with Crippen molar-refractivity contribution in [3.05, 3.63) is 53.1 Å². The molecule has 4 nitrogen and oxygen atoms in total. The Bertz CT molecular complexity index is 660. The van der Waals surface area contributed by atoms with Crippen LogP contribution in [0.15, 0.2) is 36.4 Å². The second-order valence-corrected chi connectivity index (χ2v) is 4.41. The fourth-order valence-corrected chi connectivity index (χ4v) is 1.90. The number of aryl methyl sites for hydroxylation is 1. The SMILES string of the molecule is COc1ccc(C#N)cc1COc1cccc(C)c1N. The molecule has 0 spiro atoms. The van der Waals surface area contributed by atoms with Crippen LogP contribution < -0.4 is 15.2 Å². The normalized spacial score (nSPS) is 9.85. The third-order valence-corrected chi connectivity index (χ3v) is 3.08. The topological polar surface area (TPSA) is 68.3 Å². The monoisotopic (exact) mass is 268 g/mol. The third kappa shape index (κ3) is 2.83. The van der Waals surface area contributed by atoms with Gasteiger partial charge in [0.25, 0.3) is 0 Å². The highest BCUT2D eigenvalue weighted by molar-refractivity contribution is 5.57. The molecule has 0 radical (unpaired) electrons. The van der Waals surface area contributed by atoms with Gasteiger partial charge >= 0.3 is 0 Å². The van der Waals surface area contributed by atoms with E-state index in [0.29, 0.717) is 29.4 Å². The Labute approximate surface area is 118 Å². The molecule has 0 unspecified atom stereocenters. The molecule has 2 rings (SSSR count). The summed E-state index contributed by atoms with van der Waals surface area (Å²) < 4.78 is 11.0. The van der Waals surface area contributed by atoms with E-state index in [4.69, 9.17) is 20.5 Å². The number of para-hydroxylation sites is 1. The molecule has 0 amide bonds. The largest absolute Gasteiger partial charge is 0.496 e. The van der Waals surface area contributed by atoms with Crippen molar-refractivity contribution in [1.82, 2.24) is 0 Å². The van der Waals surface area contributed by atoms with Crippen LogP contribution in [0.3, 0.4) is 0 Å². The molecular weight excluding hydrogens is 252 g/mol. The quantitative estimate of drug-likeness (QED) is 0.865. The zero-order valence-corrected chi connectivity index (χ0v) is 11.5. The molecule has 2 N–H and O–H groups in total. The molecule has 0 aliphatic rings. The van der Waals surface area contributed by atoms with Crippen LogP contribution in [0.1, 0.15) is 16.7 Å². The maximum atomic E-state index is 8.94. The highest BCUT2D eigenvalue weighted by Crippen LogP contribution is 2.27. The molecule has 0 aliphatic carbocycles. The summed E-state index contributed by atoms with van der Waals surface area (Å²) in [5.74, 6) is 1.32. The van der Waals surface area contributed by atoms with Gasteiger partial charge in [-0.25, -0.2) is 0 Å². The molecular formula is C16H16N2O2. The van der Waals surface area contributed by atoms with Crippen LogP contribution >= 0.6 is 0 Å². The summed E-state index contributed by atoms with van der Waals surface area (Å²) >= 11 is 0. The van der Waals surface area contributed by atoms with Gasteiger partial charge in [-0.3, -0.25) is 0 Å². The van der Waals surface area contributed by atoms with Crippen molar-refractivity contribution in [3.63, 3.8) is 0 Å². The van der Waals surface area contributed by atoms with E-state index in [0.717, 1.165) is 11.1 Å². The van der Waals surface area contributed by atoms with Gasteiger partial charge in [0.15, 0.2) is 0 Å². The van der Waals surface area contributed by atoms with Gasteiger partial charge in [0.1, 0.15) is 18.1 Å². The highest BCUT2D eigenvalue weighted by Gasteiger charge is 2.08. The van der Waals surface area contributed by atoms with Crippen molar-refractivity contribution in [2.45, 2.75) is 13.5 Å². The third-order valence-electron chi connectivity index (χ3n) is 3.08. The predicted octanol–water partition coefficient (Wildman–Crippen LogP) is 3.04. The number of rotatable bonds is 4. The van der Waals surface area contributed by atoms with Crippen molar-refractivity contribution in [2.75, 3.05) is 12.8 Å². The van der Waals surface area contributed by atoms with Gasteiger partial charge in [-0.2, -0.15) is 5.26 Å². The number of hydrogen-bond donors (Lipinski definition) is 1. The highest BCUT2D eigenvalue weighted by atomic mass is 16.5. The number of nitrogens with two attached hydrogens (primary N) is 1. The van der Waals surface area contributed by atoms with E-state index in [1.807, 2.05) is 25.1 Å². The zero-order valence-electron chi connectivity index (χ0n) is 11.5. The zero-order chi connectivity index (χ0) is 14.5. The van der Waals surface area contributed by atoms with Crippen molar-refractivity contribution < 1.29 is 9.47 Å². The number of nitrogens with zero attached hydrogens (tertiary/aromatic N) is 1. The summed E-state index contributed by atoms with van der Waals surface area (Å²) in [4.78, 5) is 0. The molecule has 0 aromatic heterocycles. The lowest BCUT2D eigenvalue weighted by Crippen LogP contribution is -2.02. The fourth-order valence-electron chi connectivity index (χ4n) is 1.90. The number of hydrogen-bond acceptors (Lipinski definition) is 4. The van der Waals surface area contributed by atoms with E-state index < -0.39 is 0 Å². The average molecular weight is 268 g/mol. The average Bonchev–Trinajstić information content (AvgIpc) is 2.48. The second kappa shape index (κ2) is 5.98. The summed E-state index contributed by atoms with van der Waals surface area (Å²) in [5.41, 5.74) is 8.95. The lowest BCUT2D eigenvalue weighted by atomic mass is 10.1. The summed E-state index contributed by atoms with van der Waals surface area (Å²) in [6.45, 7) is 2.23. The van der Waals surface area contributed by atoms with Crippen LogP contribution in [0.2, 0.25) is 0 Å². The standard InChI is InChI=1S/C16H16N2O2/c1-11-4-3-5-15(16(11)18)20-10-13-8-12(9-17)6-7-14(13)19-2/h3-8H,10,18H2,1-2H3. The van der Waals surface area contributed by atoms with Gasteiger partial charge in [0.2, 0.25) is 0 Å². The van der Waals surface area contributed by atoms with E-state index in [1.165, 1.54) is 0 Å². The predicted molar refractivity (Wildman–Crippen MR) is 77.6 cm³/mol. The van der Waals surface area contributed by atoms with E-state index in [1.54, 1.807) is 25.3 Å². The first-order chi connectivity index (χ1) is 9.65. The fraction of sp³-hybridized carbons (Fsp3) is 0.188. The second-order valence-electron chi connectivity index (χ2n) is 4.41. The Hall–Kier alpha value is -2.67. The molecule has 2 aromatic rings. The minimum Gasteiger partial charge on any atom is -0.496 e. The van der Waals surface area contributed by atoms with Crippen LogP contribution in [0, 0.1) is 18.3 Å². The number of anilines is 1. The molecule has 0 bridgehead atoms. The molecule has 0 heterocycles. The van der Waals surface area contributed by atoms with Gasteiger partial charge in [-0.05, 0) is 36.8 Å². The van der Waals surface area contributed by atoms with Crippen molar-refractivity contribution in [2.24, 2.45) is 0 Å². The van der Waals surface area contributed by atoms with E-state index >= 15 is 0 Å². The van der Waals surface area contributed by atoms with Gasteiger partial charge in [0.05, 0.1) is 24.4 Å². The first-order valence-corrected chi connectivity index (χ1v) is 6.20. The molecule has 4 heteroatoms. The van der Waals surface area contributed by atoms with Crippen LogP contribution in [-0.4, -0.2) is 7.11 Å². The molecule has 0 saturated heterocycles. The van der Waals surface area contributed by atoms with E-state index in [9.17, 15) is 0 Å². The molecule has 0 atom stereocenters. The molecule has 102 valence electrons. The Morgan fingerprint density at radius 3 is 2.70 bits per heavy atom. The summed E-state index contributed by atoms with van der Waals surface area (Å²) in [5, 5.41) is 8.94. The first kappa shape index (κ1) is 13.8. The van der Waals surface area contributed by atoms with Gasteiger partial charge in [0, 0.05) is 5.56 Å². The van der Waals surface area contributed by atoms with Crippen LogP contribution in [0.5, 0.6) is 11.5 Å². The number of ether oxygens (including phenoxy) is 2. The molecule has 20 heavy (non-hydrogen) atoms. The minimum absolute atomic E-state index is 0.298. The lowest BCUT2D eigenvalue weighted by Gasteiger charge is -2.13. The summed E-state index contributed by atoms with van der Waals surface area (Å²) in [6, 6.07) is 13.0. The Balaban J connectivity index is 2.22.